The first kappa shape index (κ1) is 19.3. The number of aromatic nitrogens is 3. The van der Waals surface area contributed by atoms with Crippen LogP contribution in [-0.2, 0) is 33.4 Å². The zero-order valence-corrected chi connectivity index (χ0v) is 18.5. The fraction of sp³-hybridized carbons (Fsp3) is 0.364. The van der Waals surface area contributed by atoms with Gasteiger partial charge in [0.2, 0.25) is 5.95 Å². The fourth-order valence-corrected chi connectivity index (χ4v) is 7.82. The van der Waals surface area contributed by atoms with Gasteiger partial charge in [0, 0.05) is 24.7 Å². The number of benzene rings is 2. The van der Waals surface area contributed by atoms with Crippen molar-refractivity contribution in [2.45, 2.75) is 36.4 Å². The number of hydrogen-bond acceptors (Lipinski definition) is 6. The van der Waals surface area contributed by atoms with Gasteiger partial charge in [-0.05, 0) is 47.7 Å². The second kappa shape index (κ2) is 6.79. The molecule has 4 heterocycles. The average Bonchev–Trinajstić information content (AvgIpc) is 3.19. The number of halogens is 1. The van der Waals surface area contributed by atoms with Crippen molar-refractivity contribution in [1.82, 2.24) is 20.1 Å². The van der Waals surface area contributed by atoms with Gasteiger partial charge in [-0.25, -0.2) is 8.42 Å². The first-order valence-electron chi connectivity index (χ1n) is 10.5. The standard InChI is InChI=1S/C22H22ClN5O2S/c23-17-5-6-19-16(11-17)12-24-13-20-25-26-21(28(19)20)27-9-7-22(8-10-27)18-4-2-1-3-15(18)14-31(22,29)30/h1-6,11,24H,7-10,12-14H2. The van der Waals surface area contributed by atoms with Gasteiger partial charge in [0.15, 0.2) is 15.7 Å². The summed E-state index contributed by atoms with van der Waals surface area (Å²) in [6.07, 6.45) is 1.11. The predicted molar refractivity (Wildman–Crippen MR) is 119 cm³/mol. The van der Waals surface area contributed by atoms with E-state index in [1.165, 1.54) is 0 Å². The Morgan fingerprint density at radius 3 is 2.65 bits per heavy atom. The van der Waals surface area contributed by atoms with E-state index >= 15 is 0 Å². The van der Waals surface area contributed by atoms with Gasteiger partial charge in [0.1, 0.15) is 4.75 Å². The van der Waals surface area contributed by atoms with Crippen molar-refractivity contribution in [3.05, 3.63) is 70.0 Å². The second-order valence-corrected chi connectivity index (χ2v) is 11.3. The molecule has 3 aromatic rings. The van der Waals surface area contributed by atoms with Crippen molar-refractivity contribution in [2.24, 2.45) is 0 Å². The molecule has 160 valence electrons. The topological polar surface area (TPSA) is 80.1 Å². The number of sulfone groups is 1. The Labute approximate surface area is 186 Å². The minimum Gasteiger partial charge on any atom is -0.340 e. The highest BCUT2D eigenvalue weighted by Gasteiger charge is 2.52. The molecule has 0 aliphatic carbocycles. The van der Waals surface area contributed by atoms with Gasteiger partial charge in [0.05, 0.1) is 18.0 Å². The fourth-order valence-electron chi connectivity index (χ4n) is 5.35. The lowest BCUT2D eigenvalue weighted by Crippen LogP contribution is -2.46. The first-order chi connectivity index (χ1) is 15.0. The summed E-state index contributed by atoms with van der Waals surface area (Å²) in [7, 11) is -3.23. The molecule has 0 saturated carbocycles. The van der Waals surface area contributed by atoms with Crippen LogP contribution in [0.3, 0.4) is 0 Å². The SMILES string of the molecule is O=S1(=O)Cc2ccccc2C12CCN(c1nnc3n1-c1ccc(Cl)cc1CNC3)CC2. The molecule has 6 rings (SSSR count). The lowest BCUT2D eigenvalue weighted by Gasteiger charge is -2.39. The largest absolute Gasteiger partial charge is 0.340 e. The maximum absolute atomic E-state index is 13.2. The van der Waals surface area contributed by atoms with Crippen molar-refractivity contribution >= 4 is 27.4 Å². The van der Waals surface area contributed by atoms with Crippen LogP contribution in [0.15, 0.2) is 42.5 Å². The quantitative estimate of drug-likeness (QED) is 0.607. The van der Waals surface area contributed by atoms with Crippen LogP contribution < -0.4 is 10.2 Å². The lowest BCUT2D eigenvalue weighted by atomic mass is 9.86. The molecule has 0 unspecified atom stereocenters. The molecule has 1 fully saturated rings. The molecular formula is C22H22ClN5O2S. The molecule has 0 radical (unpaired) electrons. The van der Waals surface area contributed by atoms with Crippen LogP contribution in [-0.4, -0.2) is 36.3 Å². The van der Waals surface area contributed by atoms with Gasteiger partial charge in [-0.3, -0.25) is 4.57 Å². The third-order valence-electron chi connectivity index (χ3n) is 6.90. The van der Waals surface area contributed by atoms with E-state index in [9.17, 15) is 8.42 Å². The molecule has 0 bridgehead atoms. The summed E-state index contributed by atoms with van der Waals surface area (Å²) < 4.78 is 27.7. The van der Waals surface area contributed by atoms with Crippen LogP contribution in [0.5, 0.6) is 0 Å². The summed E-state index contributed by atoms with van der Waals surface area (Å²) in [6, 6.07) is 13.7. The van der Waals surface area contributed by atoms with Crippen molar-refractivity contribution in [2.75, 3.05) is 18.0 Å². The molecule has 7 nitrogen and oxygen atoms in total. The molecule has 1 saturated heterocycles. The molecule has 0 amide bonds. The molecule has 3 aliphatic heterocycles. The van der Waals surface area contributed by atoms with Crippen LogP contribution in [0.25, 0.3) is 5.69 Å². The summed E-state index contributed by atoms with van der Waals surface area (Å²) in [5.41, 5.74) is 4.04. The van der Waals surface area contributed by atoms with E-state index in [1.807, 2.05) is 42.5 Å². The average molecular weight is 456 g/mol. The Hall–Kier alpha value is -2.42. The Bertz CT molecular complexity index is 1290. The predicted octanol–water partition coefficient (Wildman–Crippen LogP) is 2.95. The normalized spacial score (nSPS) is 20.7. The van der Waals surface area contributed by atoms with Gasteiger partial charge < -0.3 is 10.2 Å². The Kier molecular flexibility index (Phi) is 4.22. The van der Waals surface area contributed by atoms with Gasteiger partial charge in [-0.2, -0.15) is 0 Å². The highest BCUT2D eigenvalue weighted by molar-refractivity contribution is 7.92. The molecule has 9 heteroatoms. The van der Waals surface area contributed by atoms with Crippen LogP contribution in [0, 0.1) is 0 Å². The molecule has 0 atom stereocenters. The molecule has 1 spiro atoms. The van der Waals surface area contributed by atoms with E-state index in [2.05, 4.69) is 25.0 Å². The maximum Gasteiger partial charge on any atom is 0.231 e. The minimum absolute atomic E-state index is 0.142. The summed E-state index contributed by atoms with van der Waals surface area (Å²) in [4.78, 5) is 2.17. The highest BCUT2D eigenvalue weighted by atomic mass is 35.5. The number of rotatable bonds is 1. The number of nitrogens with zero attached hydrogens (tertiary/aromatic N) is 4. The molecule has 1 N–H and O–H groups in total. The van der Waals surface area contributed by atoms with Crippen LogP contribution in [0.2, 0.25) is 5.02 Å². The smallest absolute Gasteiger partial charge is 0.231 e. The third-order valence-corrected chi connectivity index (χ3v) is 9.64. The van der Waals surface area contributed by atoms with E-state index in [0.29, 0.717) is 44.0 Å². The van der Waals surface area contributed by atoms with Crippen molar-refractivity contribution in [3.63, 3.8) is 0 Å². The number of hydrogen-bond donors (Lipinski definition) is 1. The Balaban J connectivity index is 1.37. The van der Waals surface area contributed by atoms with Gasteiger partial charge in [-0.15, -0.1) is 10.2 Å². The monoisotopic (exact) mass is 455 g/mol. The molecule has 31 heavy (non-hydrogen) atoms. The van der Waals surface area contributed by atoms with E-state index < -0.39 is 14.6 Å². The summed E-state index contributed by atoms with van der Waals surface area (Å²) in [5, 5.41) is 13.0. The Morgan fingerprint density at radius 1 is 1.00 bits per heavy atom. The summed E-state index contributed by atoms with van der Waals surface area (Å²) in [5.74, 6) is 1.75. The zero-order chi connectivity index (χ0) is 21.2. The van der Waals surface area contributed by atoms with Crippen molar-refractivity contribution in [1.29, 1.82) is 0 Å². The first-order valence-corrected chi connectivity index (χ1v) is 12.5. The van der Waals surface area contributed by atoms with Crippen LogP contribution >= 0.6 is 11.6 Å². The van der Waals surface area contributed by atoms with E-state index in [0.717, 1.165) is 34.2 Å². The molecular weight excluding hydrogens is 434 g/mol. The number of piperidine rings is 1. The van der Waals surface area contributed by atoms with Crippen LogP contribution in [0.1, 0.15) is 35.4 Å². The van der Waals surface area contributed by atoms with Gasteiger partial charge in [-0.1, -0.05) is 35.9 Å². The van der Waals surface area contributed by atoms with E-state index in [4.69, 9.17) is 11.6 Å². The zero-order valence-electron chi connectivity index (χ0n) is 16.9. The van der Waals surface area contributed by atoms with E-state index in [1.54, 1.807) is 0 Å². The third kappa shape index (κ3) is 2.78. The number of anilines is 1. The van der Waals surface area contributed by atoms with Crippen molar-refractivity contribution in [3.8, 4) is 5.69 Å². The number of nitrogens with one attached hydrogen (secondary N) is 1. The summed E-state index contributed by atoms with van der Waals surface area (Å²) >= 11 is 6.22. The molecule has 3 aliphatic rings. The number of fused-ring (bicyclic) bond motifs is 5. The van der Waals surface area contributed by atoms with Gasteiger partial charge in [0.25, 0.3) is 0 Å². The maximum atomic E-state index is 13.2. The van der Waals surface area contributed by atoms with E-state index in [-0.39, 0.29) is 5.75 Å². The van der Waals surface area contributed by atoms with Crippen LogP contribution in [0.4, 0.5) is 5.95 Å². The highest BCUT2D eigenvalue weighted by Crippen LogP contribution is 2.49. The van der Waals surface area contributed by atoms with Crippen molar-refractivity contribution < 1.29 is 8.42 Å². The van der Waals surface area contributed by atoms with Gasteiger partial charge >= 0.3 is 0 Å². The second-order valence-electron chi connectivity index (χ2n) is 8.53. The lowest BCUT2D eigenvalue weighted by molar-refractivity contribution is 0.428. The molecule has 1 aromatic heterocycles. The molecule has 2 aromatic carbocycles. The minimum atomic E-state index is -3.23. The Morgan fingerprint density at radius 2 is 1.81 bits per heavy atom. The summed E-state index contributed by atoms with van der Waals surface area (Å²) in [6.45, 7) is 2.54.